The summed E-state index contributed by atoms with van der Waals surface area (Å²) in [5.41, 5.74) is 1.83. The van der Waals surface area contributed by atoms with Crippen LogP contribution in [0.2, 0.25) is 0 Å². The molecule has 0 saturated carbocycles. The van der Waals surface area contributed by atoms with E-state index in [1.54, 1.807) is 0 Å². The maximum absolute atomic E-state index is 12.2. The highest BCUT2D eigenvalue weighted by Gasteiger charge is 2.19. The van der Waals surface area contributed by atoms with Gasteiger partial charge in [0.05, 0.1) is 6.04 Å². The molecule has 0 fully saturated rings. The van der Waals surface area contributed by atoms with E-state index < -0.39 is 12.1 Å². The Kier molecular flexibility index (Phi) is 11.9. The third-order valence-electron chi connectivity index (χ3n) is 4.95. The molecular formula is C23H36N4O4. The van der Waals surface area contributed by atoms with Crippen LogP contribution in [0.5, 0.6) is 0 Å². The smallest absolute Gasteiger partial charge is 0.319 e. The first-order valence-electron chi connectivity index (χ1n) is 10.9. The Morgan fingerprint density at radius 3 is 2.32 bits per heavy atom. The third kappa shape index (κ3) is 11.8. The number of amides is 4. The number of aryl methyl sites for hydroxylation is 1. The summed E-state index contributed by atoms with van der Waals surface area (Å²) in [6, 6.07) is 6.28. The van der Waals surface area contributed by atoms with Crippen molar-refractivity contribution in [2.75, 3.05) is 11.9 Å². The molecule has 0 bridgehead atoms. The maximum Gasteiger partial charge on any atom is 0.319 e. The molecule has 0 heterocycles. The number of anilines is 1. The van der Waals surface area contributed by atoms with Gasteiger partial charge in [-0.05, 0) is 70.6 Å². The molecule has 8 nitrogen and oxygen atoms in total. The fourth-order valence-corrected chi connectivity index (χ4v) is 3.10. The Morgan fingerprint density at radius 1 is 0.968 bits per heavy atom. The molecule has 4 N–H and O–H groups in total. The highest BCUT2D eigenvalue weighted by Crippen LogP contribution is 2.09. The minimum Gasteiger partial charge on any atom is -0.338 e. The molecule has 1 aromatic carbocycles. The molecule has 2 atom stereocenters. The molecule has 0 spiro atoms. The maximum atomic E-state index is 12.2. The molecule has 172 valence electrons. The summed E-state index contributed by atoms with van der Waals surface area (Å²) in [7, 11) is 0. The lowest BCUT2D eigenvalue weighted by Crippen LogP contribution is -2.48. The lowest BCUT2D eigenvalue weighted by molar-refractivity contribution is -0.119. The summed E-state index contributed by atoms with van der Waals surface area (Å²) in [6.07, 6.45) is 3.72. The molecule has 2 unspecified atom stereocenters. The number of hydrogen-bond acceptors (Lipinski definition) is 4. The summed E-state index contributed by atoms with van der Waals surface area (Å²) >= 11 is 0. The van der Waals surface area contributed by atoms with Crippen LogP contribution in [-0.4, -0.2) is 42.3 Å². The first kappa shape index (κ1) is 26.1. The summed E-state index contributed by atoms with van der Waals surface area (Å²) in [5.74, 6) is -0.180. The van der Waals surface area contributed by atoms with Crippen molar-refractivity contribution >= 4 is 29.3 Å². The topological polar surface area (TPSA) is 116 Å². The van der Waals surface area contributed by atoms with Gasteiger partial charge in [-0.3, -0.25) is 4.79 Å². The molecule has 4 amide bonds. The fraction of sp³-hybridized carbons (Fsp3) is 0.565. The van der Waals surface area contributed by atoms with E-state index in [-0.39, 0.29) is 30.1 Å². The second-order valence-electron chi connectivity index (χ2n) is 7.87. The number of ketones is 2. The van der Waals surface area contributed by atoms with E-state index in [4.69, 9.17) is 0 Å². The van der Waals surface area contributed by atoms with Gasteiger partial charge in [-0.2, -0.15) is 0 Å². The van der Waals surface area contributed by atoms with Gasteiger partial charge < -0.3 is 26.1 Å². The van der Waals surface area contributed by atoms with Crippen molar-refractivity contribution in [1.29, 1.82) is 0 Å². The number of nitrogens with one attached hydrogen (secondary N) is 4. The average Bonchev–Trinajstić information content (AvgIpc) is 2.69. The van der Waals surface area contributed by atoms with Gasteiger partial charge >= 0.3 is 12.1 Å². The van der Waals surface area contributed by atoms with E-state index in [9.17, 15) is 19.2 Å². The van der Waals surface area contributed by atoms with Gasteiger partial charge in [0.1, 0.15) is 5.78 Å². The molecule has 8 heteroatoms. The Balaban J connectivity index is 2.28. The number of unbranched alkanes of at least 4 members (excludes halogenated alkanes) is 1. The van der Waals surface area contributed by atoms with Crippen molar-refractivity contribution < 1.29 is 19.2 Å². The average molecular weight is 433 g/mol. The molecule has 31 heavy (non-hydrogen) atoms. The van der Waals surface area contributed by atoms with Crippen molar-refractivity contribution in [3.8, 4) is 0 Å². The minimum absolute atomic E-state index is 0.0129. The summed E-state index contributed by atoms with van der Waals surface area (Å²) in [5, 5.41) is 11.2. The summed E-state index contributed by atoms with van der Waals surface area (Å²) in [6.45, 7) is 7.36. The van der Waals surface area contributed by atoms with Crippen molar-refractivity contribution in [1.82, 2.24) is 16.0 Å². The molecule has 1 aromatic rings. The first-order valence-corrected chi connectivity index (χ1v) is 10.9. The van der Waals surface area contributed by atoms with Crippen LogP contribution in [0.4, 0.5) is 15.3 Å². The van der Waals surface area contributed by atoms with Crippen LogP contribution >= 0.6 is 0 Å². The largest absolute Gasteiger partial charge is 0.338 e. The molecule has 0 aliphatic carbocycles. The number of carbonyl (C=O) groups excluding carboxylic acids is 4. The van der Waals surface area contributed by atoms with Crippen LogP contribution in [0.15, 0.2) is 24.3 Å². The molecule has 1 rings (SSSR count). The van der Waals surface area contributed by atoms with E-state index in [2.05, 4.69) is 21.3 Å². The zero-order valence-corrected chi connectivity index (χ0v) is 19.0. The fourth-order valence-electron chi connectivity index (χ4n) is 3.10. The van der Waals surface area contributed by atoms with Crippen molar-refractivity contribution in [3.63, 3.8) is 0 Å². The molecule has 0 saturated heterocycles. The van der Waals surface area contributed by atoms with E-state index >= 15 is 0 Å². The predicted molar refractivity (Wildman–Crippen MR) is 122 cm³/mol. The van der Waals surface area contributed by atoms with Crippen LogP contribution in [0.25, 0.3) is 0 Å². The zero-order chi connectivity index (χ0) is 23.2. The standard InChI is InChI=1S/C23H36N4O4/c1-5-19(25-23(31)27-21(18(4)29)13-12-17(3)28)10-6-7-14-24-22(30)26-20-11-8-9-16(2)15-20/h8-9,11,15,19,21H,5-7,10,12-14H2,1-4H3,(H2,24,26,30)(H2,25,27,31). The lowest BCUT2D eigenvalue weighted by Gasteiger charge is -2.20. The quantitative estimate of drug-likeness (QED) is 0.356. The third-order valence-corrected chi connectivity index (χ3v) is 4.95. The first-order chi connectivity index (χ1) is 14.7. The second-order valence-corrected chi connectivity index (χ2v) is 7.87. The molecular weight excluding hydrogens is 396 g/mol. The van der Waals surface area contributed by atoms with E-state index in [0.29, 0.717) is 13.0 Å². The SMILES string of the molecule is CCC(CCCCNC(=O)Nc1cccc(C)c1)NC(=O)NC(CCC(C)=O)C(C)=O. The number of Topliss-reactive ketones (excluding diaryl/α,β-unsaturated/α-hetero) is 2. The van der Waals surface area contributed by atoms with Crippen molar-refractivity contribution in [3.05, 3.63) is 29.8 Å². The highest BCUT2D eigenvalue weighted by atomic mass is 16.2. The number of rotatable bonds is 13. The Labute approximate surface area is 184 Å². The monoisotopic (exact) mass is 432 g/mol. The van der Waals surface area contributed by atoms with Crippen LogP contribution in [0.3, 0.4) is 0 Å². The van der Waals surface area contributed by atoms with Crippen LogP contribution in [0, 0.1) is 6.92 Å². The number of hydrogen-bond donors (Lipinski definition) is 4. The van der Waals surface area contributed by atoms with E-state index in [1.807, 2.05) is 38.1 Å². The van der Waals surface area contributed by atoms with Gasteiger partial charge in [0.15, 0.2) is 5.78 Å². The van der Waals surface area contributed by atoms with Crippen LogP contribution in [-0.2, 0) is 9.59 Å². The predicted octanol–water partition coefficient (Wildman–Crippen LogP) is 3.69. The minimum atomic E-state index is -0.655. The van der Waals surface area contributed by atoms with Crippen LogP contribution in [0.1, 0.15) is 64.9 Å². The molecule has 0 aromatic heterocycles. The normalized spacial score (nSPS) is 12.4. The Bertz CT molecular complexity index is 751. The van der Waals surface area contributed by atoms with Gasteiger partial charge in [-0.1, -0.05) is 19.1 Å². The summed E-state index contributed by atoms with van der Waals surface area (Å²) < 4.78 is 0. The highest BCUT2D eigenvalue weighted by molar-refractivity contribution is 5.89. The molecule has 0 radical (unpaired) electrons. The van der Waals surface area contributed by atoms with Gasteiger partial charge in [0.2, 0.25) is 0 Å². The summed E-state index contributed by atoms with van der Waals surface area (Å²) in [4.78, 5) is 47.0. The Morgan fingerprint density at radius 2 is 1.71 bits per heavy atom. The number of benzene rings is 1. The second kappa shape index (κ2) is 14.2. The molecule has 0 aliphatic heterocycles. The molecule has 0 aliphatic rings. The van der Waals surface area contributed by atoms with Gasteiger partial charge in [0, 0.05) is 24.7 Å². The van der Waals surface area contributed by atoms with Gasteiger partial charge in [0.25, 0.3) is 0 Å². The van der Waals surface area contributed by atoms with Gasteiger partial charge in [-0.25, -0.2) is 9.59 Å². The Hall–Kier alpha value is -2.90. The lowest BCUT2D eigenvalue weighted by atomic mass is 10.1. The van der Waals surface area contributed by atoms with E-state index in [0.717, 1.165) is 36.9 Å². The number of carbonyl (C=O) groups is 4. The van der Waals surface area contributed by atoms with Crippen molar-refractivity contribution in [2.45, 2.75) is 78.3 Å². The zero-order valence-electron chi connectivity index (χ0n) is 19.0. The van der Waals surface area contributed by atoms with Gasteiger partial charge in [-0.15, -0.1) is 0 Å². The van der Waals surface area contributed by atoms with E-state index in [1.165, 1.54) is 13.8 Å². The number of urea groups is 2. The van der Waals surface area contributed by atoms with Crippen molar-refractivity contribution in [2.24, 2.45) is 0 Å². The van der Waals surface area contributed by atoms with Crippen LogP contribution < -0.4 is 21.3 Å².